The number of piperidine rings is 1. The van der Waals surface area contributed by atoms with E-state index in [1.165, 1.54) is 25.0 Å². The first-order valence-corrected chi connectivity index (χ1v) is 14.7. The quantitative estimate of drug-likeness (QED) is 0.300. The highest BCUT2D eigenvalue weighted by Crippen LogP contribution is 2.46. The molecule has 0 spiro atoms. The minimum Gasteiger partial charge on any atom is -0.406 e. The van der Waals surface area contributed by atoms with Gasteiger partial charge in [-0.05, 0) is 101 Å². The normalized spacial score (nSPS) is 20.9. The third-order valence-corrected chi connectivity index (χ3v) is 8.64. The average molecular weight is 558 g/mol. The van der Waals surface area contributed by atoms with Crippen LogP contribution in [0.2, 0.25) is 0 Å². The Kier molecular flexibility index (Phi) is 8.77. The summed E-state index contributed by atoms with van der Waals surface area (Å²) in [6.45, 7) is 10.1. The molecular formula is C32H42F3N3O2. The number of alkyl halides is 3. The van der Waals surface area contributed by atoms with Crippen LogP contribution in [0.25, 0.3) is 0 Å². The molecule has 0 N–H and O–H groups in total. The minimum atomic E-state index is -4.76. The largest absolute Gasteiger partial charge is 0.573 e. The van der Waals surface area contributed by atoms with Crippen LogP contribution in [-0.4, -0.2) is 60.8 Å². The molecule has 5 rings (SSSR count). The van der Waals surface area contributed by atoms with E-state index in [-0.39, 0.29) is 19.0 Å². The summed E-state index contributed by atoms with van der Waals surface area (Å²) < 4.78 is 43.1. The summed E-state index contributed by atoms with van der Waals surface area (Å²) in [4.78, 5) is 20.9. The number of ether oxygens (including phenoxy) is 1. The molecule has 1 aliphatic carbocycles. The molecular weight excluding hydrogens is 515 g/mol. The third-order valence-electron chi connectivity index (χ3n) is 8.64. The van der Waals surface area contributed by atoms with Crippen LogP contribution >= 0.6 is 0 Å². The fourth-order valence-electron chi connectivity index (χ4n) is 6.38. The molecule has 2 saturated heterocycles. The Hall–Kier alpha value is -2.96. The van der Waals surface area contributed by atoms with Crippen molar-refractivity contribution in [1.29, 1.82) is 0 Å². The van der Waals surface area contributed by atoms with E-state index in [1.807, 2.05) is 16.7 Å². The molecule has 1 amide bonds. The van der Waals surface area contributed by atoms with E-state index in [4.69, 9.17) is 0 Å². The van der Waals surface area contributed by atoms with E-state index in [9.17, 15) is 18.0 Å². The Morgan fingerprint density at radius 1 is 1.12 bits per heavy atom. The van der Waals surface area contributed by atoms with E-state index in [2.05, 4.69) is 28.0 Å². The van der Waals surface area contributed by atoms with Gasteiger partial charge in [0.1, 0.15) is 5.75 Å². The number of hydrogen-bond donors (Lipinski definition) is 0. The Morgan fingerprint density at radius 2 is 1.85 bits per heavy atom. The molecule has 0 radical (unpaired) electrons. The maximum Gasteiger partial charge on any atom is 0.573 e. The summed E-state index contributed by atoms with van der Waals surface area (Å²) >= 11 is 0. The van der Waals surface area contributed by atoms with Gasteiger partial charge in [-0.15, -0.1) is 18.9 Å². The maximum absolute atomic E-state index is 14.3. The number of carbonyl (C=O) groups excluding carboxylic acids is 1. The van der Waals surface area contributed by atoms with Crippen molar-refractivity contribution in [1.82, 2.24) is 9.80 Å². The molecule has 0 unspecified atom stereocenters. The van der Waals surface area contributed by atoms with E-state index in [1.54, 1.807) is 12.1 Å². The minimum absolute atomic E-state index is 0. The number of carbonyl (C=O) groups is 1. The number of allylic oxidation sites excluding steroid dienone is 2. The number of benzene rings is 1. The Balaban J connectivity index is 0.00000387. The molecule has 3 heterocycles. The predicted molar refractivity (Wildman–Crippen MR) is 153 cm³/mol. The SMILES string of the molecule is C=C=C(C)CCCC1=CCN(c2cccc(OC(F)(F)F)c2)C(C2CC2)=C1C(=O)N1CCC(N2CCCC2)CC1.[HH]. The first-order chi connectivity index (χ1) is 19.2. The number of amides is 1. The first kappa shape index (κ1) is 28.6. The Morgan fingerprint density at radius 3 is 2.50 bits per heavy atom. The van der Waals surface area contributed by atoms with Crippen LogP contribution in [0.4, 0.5) is 18.9 Å². The molecule has 3 aliphatic heterocycles. The van der Waals surface area contributed by atoms with Crippen molar-refractivity contribution in [2.24, 2.45) is 5.92 Å². The average Bonchev–Trinajstić information content (AvgIpc) is 3.64. The second kappa shape index (κ2) is 12.3. The Labute approximate surface area is 237 Å². The Bertz CT molecular complexity index is 1200. The van der Waals surface area contributed by atoms with Gasteiger partial charge in [0.15, 0.2) is 0 Å². The van der Waals surface area contributed by atoms with Crippen LogP contribution in [0, 0.1) is 5.92 Å². The van der Waals surface area contributed by atoms with Crippen molar-refractivity contribution in [2.45, 2.75) is 77.1 Å². The summed E-state index contributed by atoms with van der Waals surface area (Å²) in [5, 5.41) is 0. The van der Waals surface area contributed by atoms with Crippen molar-refractivity contribution in [3.8, 4) is 5.75 Å². The lowest BCUT2D eigenvalue weighted by Gasteiger charge is -2.39. The van der Waals surface area contributed by atoms with Crippen molar-refractivity contribution in [3.63, 3.8) is 0 Å². The van der Waals surface area contributed by atoms with Crippen LogP contribution < -0.4 is 9.64 Å². The number of rotatable bonds is 9. The van der Waals surface area contributed by atoms with E-state index in [0.717, 1.165) is 93.5 Å². The zero-order chi connectivity index (χ0) is 28.3. The lowest BCUT2D eigenvalue weighted by molar-refractivity contribution is -0.274. The standard InChI is InChI=1S/C32H40F3N3O2.H2/c1-3-23(2)8-6-9-24-14-21-38(27-10-7-11-28(22-27)40-32(33,34)35)30(25-12-13-25)29(24)31(39)37-19-15-26(16-20-37)36-17-4-5-18-36;/h7,10-11,14,22,25-26H,1,4-6,8-9,12-13,15-21H2,2H3;1H. The third kappa shape index (κ3) is 6.84. The van der Waals surface area contributed by atoms with Gasteiger partial charge in [-0.1, -0.05) is 18.7 Å². The molecule has 40 heavy (non-hydrogen) atoms. The van der Waals surface area contributed by atoms with Crippen LogP contribution in [0.3, 0.4) is 0 Å². The molecule has 0 atom stereocenters. The first-order valence-electron chi connectivity index (χ1n) is 14.7. The molecule has 0 aromatic heterocycles. The molecule has 1 aromatic rings. The molecule has 218 valence electrons. The van der Waals surface area contributed by atoms with E-state index >= 15 is 0 Å². The van der Waals surface area contributed by atoms with Gasteiger partial charge in [-0.3, -0.25) is 4.79 Å². The summed E-state index contributed by atoms with van der Waals surface area (Å²) in [7, 11) is 0. The highest BCUT2D eigenvalue weighted by molar-refractivity contribution is 6.00. The van der Waals surface area contributed by atoms with Crippen molar-refractivity contribution in [3.05, 3.63) is 65.1 Å². The van der Waals surface area contributed by atoms with Crippen LogP contribution in [0.15, 0.2) is 65.1 Å². The van der Waals surface area contributed by atoms with Gasteiger partial charge in [0.25, 0.3) is 5.91 Å². The monoisotopic (exact) mass is 557 g/mol. The second-order valence-corrected chi connectivity index (χ2v) is 11.5. The summed E-state index contributed by atoms with van der Waals surface area (Å²) in [5.41, 5.74) is 7.45. The molecule has 1 aromatic carbocycles. The van der Waals surface area contributed by atoms with Crippen LogP contribution in [0.1, 0.15) is 66.1 Å². The van der Waals surface area contributed by atoms with Crippen molar-refractivity contribution in [2.75, 3.05) is 37.6 Å². The maximum atomic E-state index is 14.3. The van der Waals surface area contributed by atoms with Gasteiger partial charge in [-0.25, -0.2) is 0 Å². The zero-order valence-corrected chi connectivity index (χ0v) is 23.4. The van der Waals surface area contributed by atoms with Crippen molar-refractivity contribution >= 4 is 11.6 Å². The lowest BCUT2D eigenvalue weighted by atomic mass is 9.90. The fraction of sp³-hybridized carbons (Fsp3) is 0.562. The second-order valence-electron chi connectivity index (χ2n) is 11.5. The van der Waals surface area contributed by atoms with Gasteiger partial charge in [0, 0.05) is 50.5 Å². The highest BCUT2D eigenvalue weighted by atomic mass is 19.4. The zero-order valence-electron chi connectivity index (χ0n) is 23.4. The smallest absolute Gasteiger partial charge is 0.406 e. The summed E-state index contributed by atoms with van der Waals surface area (Å²) in [6.07, 6.45) is 6.31. The van der Waals surface area contributed by atoms with Crippen molar-refractivity contribution < 1.29 is 24.1 Å². The lowest BCUT2D eigenvalue weighted by Crippen LogP contribution is -2.47. The number of likely N-dealkylation sites (tertiary alicyclic amines) is 2. The fourth-order valence-corrected chi connectivity index (χ4v) is 6.38. The molecule has 0 bridgehead atoms. The van der Waals surface area contributed by atoms with Gasteiger partial charge in [0.05, 0.1) is 5.57 Å². The topological polar surface area (TPSA) is 36.0 Å². The predicted octanol–water partition coefficient (Wildman–Crippen LogP) is 7.23. The van der Waals surface area contributed by atoms with Gasteiger partial charge < -0.3 is 19.4 Å². The highest BCUT2D eigenvalue weighted by Gasteiger charge is 2.40. The summed E-state index contributed by atoms with van der Waals surface area (Å²) in [6, 6.07) is 6.67. The molecule has 3 fully saturated rings. The van der Waals surface area contributed by atoms with Gasteiger partial charge >= 0.3 is 6.36 Å². The number of nitrogens with zero attached hydrogens (tertiary/aromatic N) is 3. The molecule has 1 saturated carbocycles. The molecule has 5 nitrogen and oxygen atoms in total. The number of anilines is 1. The van der Waals surface area contributed by atoms with E-state index in [0.29, 0.717) is 18.3 Å². The molecule has 8 heteroatoms. The van der Waals surface area contributed by atoms with Crippen LogP contribution in [-0.2, 0) is 4.79 Å². The van der Waals surface area contributed by atoms with Gasteiger partial charge in [0.2, 0.25) is 0 Å². The molecule has 4 aliphatic rings. The van der Waals surface area contributed by atoms with Gasteiger partial charge in [-0.2, -0.15) is 0 Å². The number of hydrogen-bond acceptors (Lipinski definition) is 4. The van der Waals surface area contributed by atoms with Crippen LogP contribution in [0.5, 0.6) is 5.75 Å². The van der Waals surface area contributed by atoms with E-state index < -0.39 is 6.36 Å². The number of halogens is 3. The summed E-state index contributed by atoms with van der Waals surface area (Å²) in [5.74, 6) is 0.0432.